The highest BCUT2D eigenvalue weighted by molar-refractivity contribution is 6.01. The quantitative estimate of drug-likeness (QED) is 0.835. The highest BCUT2D eigenvalue weighted by atomic mass is 19.1. The molecule has 3 heterocycles. The van der Waals surface area contributed by atoms with E-state index in [1.807, 2.05) is 0 Å². The highest BCUT2D eigenvalue weighted by Gasteiger charge is 2.33. The third-order valence-corrected chi connectivity index (χ3v) is 5.03. The lowest BCUT2D eigenvalue weighted by atomic mass is 9.95. The molecule has 7 heteroatoms. The number of hydrogen-bond acceptors (Lipinski definition) is 4. The van der Waals surface area contributed by atoms with Gasteiger partial charge < -0.3 is 9.64 Å². The first-order valence-electron chi connectivity index (χ1n) is 9.06. The SMILES string of the molecule is O=C1COc2cccnc2N1CC(=O)N1CCCCC1c1ccc(F)cc1. The van der Waals surface area contributed by atoms with E-state index in [1.165, 1.54) is 17.0 Å². The zero-order valence-corrected chi connectivity index (χ0v) is 14.8. The van der Waals surface area contributed by atoms with Gasteiger partial charge in [0.1, 0.15) is 12.4 Å². The molecule has 1 atom stereocenters. The first-order valence-corrected chi connectivity index (χ1v) is 9.06. The van der Waals surface area contributed by atoms with Crippen molar-refractivity contribution in [2.24, 2.45) is 0 Å². The number of halogens is 1. The fourth-order valence-electron chi connectivity index (χ4n) is 3.68. The molecule has 0 bridgehead atoms. The van der Waals surface area contributed by atoms with Crippen molar-refractivity contribution in [3.05, 3.63) is 54.0 Å². The molecule has 1 unspecified atom stereocenters. The Morgan fingerprint density at radius 1 is 1.22 bits per heavy atom. The number of benzene rings is 1. The molecule has 4 rings (SSSR count). The van der Waals surface area contributed by atoms with Crippen molar-refractivity contribution in [2.75, 3.05) is 24.6 Å². The molecule has 0 radical (unpaired) electrons. The molecule has 140 valence electrons. The van der Waals surface area contributed by atoms with Crippen LogP contribution in [0.5, 0.6) is 5.75 Å². The molecule has 2 aliphatic rings. The second kappa shape index (κ2) is 7.34. The van der Waals surface area contributed by atoms with E-state index in [0.717, 1.165) is 24.8 Å². The van der Waals surface area contributed by atoms with Gasteiger partial charge in [-0.05, 0) is 49.1 Å². The van der Waals surface area contributed by atoms with E-state index < -0.39 is 0 Å². The van der Waals surface area contributed by atoms with E-state index in [4.69, 9.17) is 4.74 Å². The number of likely N-dealkylation sites (tertiary alicyclic amines) is 1. The second-order valence-corrected chi connectivity index (χ2v) is 6.74. The predicted molar refractivity (Wildman–Crippen MR) is 96.8 cm³/mol. The number of fused-ring (bicyclic) bond motifs is 1. The molecule has 1 fully saturated rings. The van der Waals surface area contributed by atoms with Crippen LogP contribution >= 0.6 is 0 Å². The summed E-state index contributed by atoms with van der Waals surface area (Å²) in [6, 6.07) is 9.63. The molecular formula is C20H20FN3O3. The molecular weight excluding hydrogens is 349 g/mol. The van der Waals surface area contributed by atoms with Gasteiger partial charge in [-0.3, -0.25) is 14.5 Å². The summed E-state index contributed by atoms with van der Waals surface area (Å²) < 4.78 is 18.6. The molecule has 0 N–H and O–H groups in total. The summed E-state index contributed by atoms with van der Waals surface area (Å²) in [7, 11) is 0. The van der Waals surface area contributed by atoms with Crippen LogP contribution in [0.25, 0.3) is 0 Å². The van der Waals surface area contributed by atoms with Gasteiger partial charge in [0.25, 0.3) is 5.91 Å². The third kappa shape index (κ3) is 3.49. The zero-order valence-electron chi connectivity index (χ0n) is 14.8. The van der Waals surface area contributed by atoms with Crippen LogP contribution in [0.1, 0.15) is 30.9 Å². The normalized spacial score (nSPS) is 19.4. The van der Waals surface area contributed by atoms with Gasteiger partial charge in [0.05, 0.1) is 6.04 Å². The Morgan fingerprint density at radius 2 is 2.04 bits per heavy atom. The minimum Gasteiger partial charge on any atom is -0.480 e. The topological polar surface area (TPSA) is 62.7 Å². The zero-order chi connectivity index (χ0) is 18.8. The molecule has 1 aromatic carbocycles. The molecule has 2 amide bonds. The average Bonchev–Trinajstić information content (AvgIpc) is 2.71. The molecule has 0 spiro atoms. The molecule has 0 aliphatic carbocycles. The smallest absolute Gasteiger partial charge is 0.266 e. The molecule has 27 heavy (non-hydrogen) atoms. The minimum absolute atomic E-state index is 0.0795. The number of aromatic nitrogens is 1. The second-order valence-electron chi connectivity index (χ2n) is 6.74. The summed E-state index contributed by atoms with van der Waals surface area (Å²) in [6.45, 7) is 0.436. The Bertz CT molecular complexity index is 856. The van der Waals surface area contributed by atoms with Crippen LogP contribution < -0.4 is 9.64 Å². The number of nitrogens with zero attached hydrogens (tertiary/aromatic N) is 3. The van der Waals surface area contributed by atoms with Crippen LogP contribution in [-0.4, -0.2) is 41.4 Å². The lowest BCUT2D eigenvalue weighted by Crippen LogP contribution is -2.48. The molecule has 2 aliphatic heterocycles. The van der Waals surface area contributed by atoms with Crippen LogP contribution in [0.15, 0.2) is 42.6 Å². The fraction of sp³-hybridized carbons (Fsp3) is 0.350. The Kier molecular flexibility index (Phi) is 4.75. The van der Waals surface area contributed by atoms with Crippen molar-refractivity contribution in [1.29, 1.82) is 0 Å². The largest absolute Gasteiger partial charge is 0.480 e. The van der Waals surface area contributed by atoms with Crippen LogP contribution in [0.3, 0.4) is 0 Å². The third-order valence-electron chi connectivity index (χ3n) is 5.03. The lowest BCUT2D eigenvalue weighted by molar-refractivity contribution is -0.135. The van der Waals surface area contributed by atoms with Crippen molar-refractivity contribution in [1.82, 2.24) is 9.88 Å². The maximum atomic E-state index is 13.3. The Morgan fingerprint density at radius 3 is 2.85 bits per heavy atom. The van der Waals surface area contributed by atoms with E-state index in [1.54, 1.807) is 35.4 Å². The van der Waals surface area contributed by atoms with Crippen molar-refractivity contribution in [3.63, 3.8) is 0 Å². The van der Waals surface area contributed by atoms with Gasteiger partial charge >= 0.3 is 0 Å². The van der Waals surface area contributed by atoms with Crippen LogP contribution in [0.2, 0.25) is 0 Å². The van der Waals surface area contributed by atoms with E-state index in [9.17, 15) is 14.0 Å². The summed E-state index contributed by atoms with van der Waals surface area (Å²) in [4.78, 5) is 32.8. The standard InChI is InChI=1S/C20H20FN3O3/c21-15-8-6-14(7-9-15)16-4-1-2-11-23(16)18(25)12-24-19(26)13-27-17-5-3-10-22-20(17)24/h3,5-10,16H,1-2,4,11-13H2. The van der Waals surface area contributed by atoms with Gasteiger partial charge in [-0.2, -0.15) is 0 Å². The number of piperidine rings is 1. The van der Waals surface area contributed by atoms with Crippen LogP contribution in [0.4, 0.5) is 10.2 Å². The Labute approximate surface area is 156 Å². The number of ether oxygens (including phenoxy) is 1. The van der Waals surface area contributed by atoms with Gasteiger partial charge in [-0.15, -0.1) is 0 Å². The van der Waals surface area contributed by atoms with Crippen LogP contribution in [-0.2, 0) is 9.59 Å². The first kappa shape index (κ1) is 17.5. The number of rotatable bonds is 3. The number of anilines is 1. The lowest BCUT2D eigenvalue weighted by Gasteiger charge is -2.38. The maximum absolute atomic E-state index is 13.3. The predicted octanol–water partition coefficient (Wildman–Crippen LogP) is 2.70. The Balaban J connectivity index is 1.56. The highest BCUT2D eigenvalue weighted by Crippen LogP contribution is 2.33. The van der Waals surface area contributed by atoms with E-state index >= 15 is 0 Å². The molecule has 1 aromatic heterocycles. The summed E-state index contributed by atoms with van der Waals surface area (Å²) in [5.41, 5.74) is 0.913. The number of carbonyl (C=O) groups is 2. The van der Waals surface area contributed by atoms with Gasteiger partial charge in [-0.25, -0.2) is 9.37 Å². The van der Waals surface area contributed by atoms with Gasteiger partial charge in [0, 0.05) is 12.7 Å². The molecule has 6 nitrogen and oxygen atoms in total. The fourth-order valence-corrected chi connectivity index (χ4v) is 3.68. The van der Waals surface area contributed by atoms with E-state index in [-0.39, 0.29) is 36.8 Å². The van der Waals surface area contributed by atoms with Crippen molar-refractivity contribution in [3.8, 4) is 5.75 Å². The minimum atomic E-state index is -0.297. The van der Waals surface area contributed by atoms with Crippen molar-refractivity contribution >= 4 is 17.6 Å². The van der Waals surface area contributed by atoms with Gasteiger partial charge in [0.15, 0.2) is 18.2 Å². The monoisotopic (exact) mass is 369 g/mol. The van der Waals surface area contributed by atoms with E-state index in [2.05, 4.69) is 4.98 Å². The molecule has 0 saturated carbocycles. The summed E-state index contributed by atoms with van der Waals surface area (Å²) >= 11 is 0. The van der Waals surface area contributed by atoms with Crippen LogP contribution in [0, 0.1) is 5.82 Å². The van der Waals surface area contributed by atoms with Gasteiger partial charge in [-0.1, -0.05) is 12.1 Å². The number of hydrogen-bond donors (Lipinski definition) is 0. The van der Waals surface area contributed by atoms with Crippen molar-refractivity contribution in [2.45, 2.75) is 25.3 Å². The van der Waals surface area contributed by atoms with Crippen molar-refractivity contribution < 1.29 is 18.7 Å². The summed E-state index contributed by atoms with van der Waals surface area (Å²) in [6.07, 6.45) is 4.31. The number of carbonyl (C=O) groups excluding carboxylic acids is 2. The summed E-state index contributed by atoms with van der Waals surface area (Å²) in [5, 5.41) is 0. The Hall–Kier alpha value is -2.96. The molecule has 2 aromatic rings. The first-order chi connectivity index (χ1) is 13.1. The summed E-state index contributed by atoms with van der Waals surface area (Å²) in [5.74, 6) is 0.144. The average molecular weight is 369 g/mol. The van der Waals surface area contributed by atoms with E-state index in [0.29, 0.717) is 18.1 Å². The number of amides is 2. The molecule has 1 saturated heterocycles. The van der Waals surface area contributed by atoms with Gasteiger partial charge in [0.2, 0.25) is 5.91 Å². The maximum Gasteiger partial charge on any atom is 0.266 e. The number of pyridine rings is 1.